The van der Waals surface area contributed by atoms with Gasteiger partial charge in [-0.05, 0) is 48.6 Å². The summed E-state index contributed by atoms with van der Waals surface area (Å²) in [5.74, 6) is 0.108. The van der Waals surface area contributed by atoms with E-state index in [9.17, 15) is 20.0 Å². The fraction of sp³-hybridized carbons (Fsp3) is 0.444. The van der Waals surface area contributed by atoms with Gasteiger partial charge in [-0.25, -0.2) is 14.2 Å². The van der Waals surface area contributed by atoms with Crippen LogP contribution in [0.25, 0.3) is 11.1 Å². The molecule has 2 saturated heterocycles. The lowest BCUT2D eigenvalue weighted by Gasteiger charge is -2.30. The Kier molecular flexibility index (Phi) is 6.95. The van der Waals surface area contributed by atoms with Crippen molar-refractivity contribution in [1.82, 2.24) is 19.4 Å². The number of carbonyl (C=O) groups excluding carboxylic acids is 1. The van der Waals surface area contributed by atoms with E-state index in [1.165, 1.54) is 17.2 Å². The molecule has 14 heteroatoms. The quantitative estimate of drug-likeness (QED) is 0.335. The first kappa shape index (κ1) is 26.9. The highest BCUT2D eigenvalue weighted by Gasteiger charge is 2.41. The number of rotatable bonds is 7. The Morgan fingerprint density at radius 1 is 1.22 bits per heavy atom. The van der Waals surface area contributed by atoms with Crippen LogP contribution in [0.2, 0.25) is 0 Å². The van der Waals surface area contributed by atoms with Crippen LogP contribution in [0.15, 0.2) is 42.7 Å². The highest BCUT2D eigenvalue weighted by Crippen LogP contribution is 2.32. The van der Waals surface area contributed by atoms with Gasteiger partial charge < -0.3 is 29.6 Å². The molecule has 0 radical (unpaired) electrons. The minimum absolute atomic E-state index is 0.166. The van der Waals surface area contributed by atoms with Gasteiger partial charge >= 0.3 is 17.9 Å². The number of nitrogens with zero attached hydrogens (tertiary/aromatic N) is 7. The maximum atomic E-state index is 15.0. The van der Waals surface area contributed by atoms with Gasteiger partial charge in [0.25, 0.3) is 0 Å². The molecule has 2 aromatic heterocycles. The number of fused-ring (bicyclic) bond motifs is 1. The van der Waals surface area contributed by atoms with E-state index in [-0.39, 0.29) is 25.0 Å². The summed E-state index contributed by atoms with van der Waals surface area (Å²) >= 11 is 0. The monoisotopic (exact) mass is 567 g/mol. The van der Waals surface area contributed by atoms with E-state index in [0.717, 1.165) is 38.4 Å². The summed E-state index contributed by atoms with van der Waals surface area (Å²) in [6, 6.07) is 8.55. The van der Waals surface area contributed by atoms with Gasteiger partial charge in [0.05, 0.1) is 25.4 Å². The van der Waals surface area contributed by atoms with Crippen LogP contribution < -0.4 is 14.5 Å². The topological polar surface area (TPSA) is 139 Å². The lowest BCUT2D eigenvalue weighted by Crippen LogP contribution is -2.46. The fourth-order valence-electron chi connectivity index (χ4n) is 5.66. The van der Waals surface area contributed by atoms with Crippen LogP contribution in [0.5, 0.6) is 6.01 Å². The maximum absolute atomic E-state index is 15.0. The van der Waals surface area contributed by atoms with Crippen LogP contribution in [-0.2, 0) is 11.3 Å². The van der Waals surface area contributed by atoms with Crippen LogP contribution in [0.1, 0.15) is 13.3 Å². The molecule has 1 unspecified atom stereocenters. The first-order valence-corrected chi connectivity index (χ1v) is 13.4. The summed E-state index contributed by atoms with van der Waals surface area (Å²) in [7, 11) is 0. The van der Waals surface area contributed by atoms with Crippen molar-refractivity contribution in [2.24, 2.45) is 0 Å². The third-order valence-corrected chi connectivity index (χ3v) is 7.63. The Labute approximate surface area is 234 Å². The van der Waals surface area contributed by atoms with Crippen molar-refractivity contribution < 1.29 is 28.7 Å². The van der Waals surface area contributed by atoms with E-state index in [0.29, 0.717) is 29.9 Å². The molecule has 3 aliphatic rings. The molecule has 2 atom stereocenters. The minimum atomic E-state index is -0.622. The number of benzene rings is 1. The van der Waals surface area contributed by atoms with E-state index in [4.69, 9.17) is 9.47 Å². The maximum Gasteiger partial charge on any atom is 0.415 e. The zero-order valence-electron chi connectivity index (χ0n) is 22.5. The predicted molar refractivity (Wildman–Crippen MR) is 146 cm³/mol. The van der Waals surface area contributed by atoms with Crippen molar-refractivity contribution in [3.8, 4) is 17.1 Å². The predicted octanol–water partition coefficient (Wildman–Crippen LogP) is 2.67. The molecule has 1 amide bonds. The molecule has 13 nitrogen and oxygen atoms in total. The molecule has 0 aliphatic carbocycles. The van der Waals surface area contributed by atoms with E-state index >= 15 is 4.39 Å². The third kappa shape index (κ3) is 5.39. The molecule has 0 bridgehead atoms. The first-order valence-electron chi connectivity index (χ1n) is 13.4. The molecule has 2 fully saturated rings. The number of hydrogen-bond acceptors (Lipinski definition) is 10. The van der Waals surface area contributed by atoms with Gasteiger partial charge in [0.15, 0.2) is 0 Å². The summed E-state index contributed by atoms with van der Waals surface area (Å²) in [4.78, 5) is 36.9. The zero-order chi connectivity index (χ0) is 28.7. The molecule has 3 aromatic rings. The SMILES string of the molecule is CC1(CN2CCCN(c3ccc(-c4ccc(N5C[C@H](CO)OC5=O)cc4F)cn3)CC2)Cn2cc([N+](=O)[O-])nc2O1. The molecule has 0 spiro atoms. The van der Waals surface area contributed by atoms with Crippen molar-refractivity contribution in [3.05, 3.63) is 58.7 Å². The highest BCUT2D eigenvalue weighted by molar-refractivity contribution is 5.90. The Hall–Kier alpha value is -4.30. The summed E-state index contributed by atoms with van der Waals surface area (Å²) in [5.41, 5.74) is 0.836. The van der Waals surface area contributed by atoms with Gasteiger partial charge in [0.1, 0.15) is 29.5 Å². The molecule has 3 aliphatic heterocycles. The highest BCUT2D eigenvalue weighted by atomic mass is 19.1. The van der Waals surface area contributed by atoms with Gasteiger partial charge in [0.2, 0.25) is 0 Å². The Bertz CT molecular complexity index is 1440. The normalized spacial score (nSPS) is 22.8. The number of aliphatic hydroxyl groups excluding tert-OH is 1. The lowest BCUT2D eigenvalue weighted by atomic mass is 10.1. The number of aromatic nitrogens is 3. The number of carbonyl (C=O) groups is 1. The number of cyclic esters (lactones) is 1. The van der Waals surface area contributed by atoms with E-state index < -0.39 is 28.5 Å². The van der Waals surface area contributed by atoms with Crippen LogP contribution in [0.3, 0.4) is 0 Å². The average Bonchev–Trinajstić information content (AvgIpc) is 3.54. The number of hydrogen-bond donors (Lipinski definition) is 1. The number of halogens is 1. The van der Waals surface area contributed by atoms with E-state index in [1.807, 2.05) is 19.1 Å². The van der Waals surface area contributed by atoms with E-state index in [2.05, 4.69) is 19.8 Å². The molecule has 0 saturated carbocycles. The fourth-order valence-corrected chi connectivity index (χ4v) is 5.66. The Morgan fingerprint density at radius 2 is 2.07 bits per heavy atom. The lowest BCUT2D eigenvalue weighted by molar-refractivity contribution is -0.389. The van der Waals surface area contributed by atoms with Crippen molar-refractivity contribution in [2.75, 3.05) is 55.7 Å². The number of imidazole rings is 1. The van der Waals surface area contributed by atoms with Gasteiger partial charge in [-0.15, -0.1) is 0 Å². The summed E-state index contributed by atoms with van der Waals surface area (Å²) in [6.07, 6.45) is 2.75. The molecular formula is C27H30FN7O6. The zero-order valence-corrected chi connectivity index (χ0v) is 22.5. The molecular weight excluding hydrogens is 537 g/mol. The molecule has 5 heterocycles. The van der Waals surface area contributed by atoms with Crippen LogP contribution in [0.4, 0.5) is 26.5 Å². The molecule has 41 heavy (non-hydrogen) atoms. The van der Waals surface area contributed by atoms with Crippen molar-refractivity contribution >= 4 is 23.4 Å². The van der Waals surface area contributed by atoms with Crippen LogP contribution in [-0.4, -0.2) is 93.1 Å². The van der Waals surface area contributed by atoms with Gasteiger partial charge in [-0.1, -0.05) is 0 Å². The standard InChI is InChI=1S/C27H30FN7O6/c1-27(17-33-14-24(35(38)39)30-25(33)41-27)16-31-7-2-8-32(10-9-31)23-6-3-18(12-29-23)21-5-4-19(11-22(21)28)34-13-20(15-36)40-26(34)37/h3-6,11-12,14,20,36H,2,7-10,13,15-17H2,1H3/t20-,27?/m1/s1. The largest absolute Gasteiger partial charge is 0.441 e. The second-order valence-electron chi connectivity index (χ2n) is 10.8. The minimum Gasteiger partial charge on any atom is -0.441 e. The molecule has 6 rings (SSSR count). The molecule has 1 N–H and O–H groups in total. The number of amides is 1. The van der Waals surface area contributed by atoms with Crippen molar-refractivity contribution in [2.45, 2.75) is 31.6 Å². The smallest absolute Gasteiger partial charge is 0.415 e. The van der Waals surface area contributed by atoms with Gasteiger partial charge in [0, 0.05) is 55.0 Å². The Morgan fingerprint density at radius 3 is 2.76 bits per heavy atom. The number of anilines is 2. The van der Waals surface area contributed by atoms with Crippen LogP contribution >= 0.6 is 0 Å². The molecule has 216 valence electrons. The first-order chi connectivity index (χ1) is 19.7. The van der Waals surface area contributed by atoms with Crippen molar-refractivity contribution in [1.29, 1.82) is 0 Å². The summed E-state index contributed by atoms with van der Waals surface area (Å²) in [6.45, 7) is 6.26. The van der Waals surface area contributed by atoms with E-state index in [1.54, 1.807) is 22.9 Å². The second-order valence-corrected chi connectivity index (χ2v) is 10.8. The third-order valence-electron chi connectivity index (χ3n) is 7.63. The number of aliphatic hydroxyl groups is 1. The second kappa shape index (κ2) is 10.6. The summed E-state index contributed by atoms with van der Waals surface area (Å²) in [5, 5.41) is 20.2. The van der Waals surface area contributed by atoms with Crippen molar-refractivity contribution in [3.63, 3.8) is 0 Å². The number of pyridine rings is 1. The molecule has 1 aromatic carbocycles. The Balaban J connectivity index is 1.07. The van der Waals surface area contributed by atoms with Crippen LogP contribution in [0, 0.1) is 15.9 Å². The van der Waals surface area contributed by atoms with Gasteiger partial charge in [-0.3, -0.25) is 14.4 Å². The average molecular weight is 568 g/mol. The number of nitro groups is 1. The summed E-state index contributed by atoms with van der Waals surface area (Å²) < 4.78 is 27.8. The van der Waals surface area contributed by atoms with Gasteiger partial charge in [-0.2, -0.15) is 0 Å². The number of ether oxygens (including phenoxy) is 2.